The molecule has 0 saturated carbocycles. The van der Waals surface area contributed by atoms with Gasteiger partial charge in [-0.25, -0.2) is 8.93 Å². The van der Waals surface area contributed by atoms with Gasteiger partial charge in [0, 0.05) is 37.9 Å². The summed E-state index contributed by atoms with van der Waals surface area (Å²) in [5.41, 5.74) is 0.659. The van der Waals surface area contributed by atoms with Crippen LogP contribution in [0.1, 0.15) is 51.8 Å². The van der Waals surface area contributed by atoms with Crippen molar-refractivity contribution in [3.63, 3.8) is 0 Å². The lowest BCUT2D eigenvalue weighted by atomic mass is 9.93. The number of hydrogen-bond acceptors (Lipinski definition) is 3. The van der Waals surface area contributed by atoms with Crippen molar-refractivity contribution in [1.29, 1.82) is 0 Å². The molecule has 1 aliphatic heterocycles. The third-order valence-electron chi connectivity index (χ3n) is 4.60. The van der Waals surface area contributed by atoms with E-state index in [0.717, 1.165) is 37.9 Å². The van der Waals surface area contributed by atoms with Crippen LogP contribution in [0.2, 0.25) is 0 Å². The summed E-state index contributed by atoms with van der Waals surface area (Å²) in [6, 6.07) is 3.46. The molecule has 8 heteroatoms. The topological polar surface area (TPSA) is 44.4 Å². The fourth-order valence-electron chi connectivity index (χ4n) is 3.02. The molecule has 0 aliphatic carbocycles. The first-order valence-electron chi connectivity index (χ1n) is 9.26. The van der Waals surface area contributed by atoms with Crippen LogP contribution in [0.5, 0.6) is 0 Å². The molecule has 4 nitrogen and oxygen atoms in total. The summed E-state index contributed by atoms with van der Waals surface area (Å²) < 4.78 is 55.3. The Morgan fingerprint density at radius 2 is 1.74 bits per heavy atom. The molecule has 0 radical (unpaired) electrons. The molecule has 1 aromatic rings. The minimum atomic E-state index is -4.42. The zero-order valence-corrected chi connectivity index (χ0v) is 17.4. The van der Waals surface area contributed by atoms with E-state index in [4.69, 9.17) is 0 Å². The minimum absolute atomic E-state index is 0.0264. The van der Waals surface area contributed by atoms with E-state index in [2.05, 4.69) is 14.9 Å². The van der Waals surface area contributed by atoms with Crippen LogP contribution in [0.25, 0.3) is 0 Å². The largest absolute Gasteiger partial charge is 0.416 e. The summed E-state index contributed by atoms with van der Waals surface area (Å²) in [6.07, 6.45) is -4.42. The van der Waals surface area contributed by atoms with Crippen LogP contribution < -0.4 is 14.9 Å². The number of anilines is 1. The number of halogens is 3. The summed E-state index contributed by atoms with van der Waals surface area (Å²) >= 11 is 0. The van der Waals surface area contributed by atoms with Crippen LogP contribution in [0.4, 0.5) is 18.9 Å². The highest BCUT2D eigenvalue weighted by Crippen LogP contribution is 2.38. The lowest BCUT2D eigenvalue weighted by Gasteiger charge is -2.35. The Bertz CT molecular complexity index is 665. The van der Waals surface area contributed by atoms with E-state index in [1.54, 1.807) is 6.07 Å². The lowest BCUT2D eigenvalue weighted by molar-refractivity contribution is -0.137. The molecule has 0 amide bonds. The predicted molar refractivity (Wildman–Crippen MR) is 105 cm³/mol. The average Bonchev–Trinajstić information content (AvgIpc) is 2.57. The van der Waals surface area contributed by atoms with Gasteiger partial charge in [0.2, 0.25) is 0 Å². The fraction of sp³-hybridized carbons (Fsp3) is 0.684. The quantitative estimate of drug-likeness (QED) is 0.782. The number of benzene rings is 1. The zero-order valence-electron chi connectivity index (χ0n) is 16.6. The maximum Gasteiger partial charge on any atom is 0.416 e. The second-order valence-corrected chi connectivity index (χ2v) is 10.2. The maximum atomic E-state index is 13.4. The van der Waals surface area contributed by atoms with Crippen LogP contribution in [0, 0.1) is 5.92 Å². The van der Waals surface area contributed by atoms with Gasteiger partial charge in [-0.1, -0.05) is 13.8 Å². The Kier molecular flexibility index (Phi) is 6.97. The molecule has 1 aromatic carbocycles. The Labute approximate surface area is 162 Å². The second-order valence-electron chi connectivity index (χ2n) is 8.23. The van der Waals surface area contributed by atoms with Crippen LogP contribution in [0.3, 0.4) is 0 Å². The third kappa shape index (κ3) is 5.68. The molecule has 1 aliphatic rings. The van der Waals surface area contributed by atoms with Crippen molar-refractivity contribution in [2.45, 2.75) is 51.6 Å². The van der Waals surface area contributed by atoms with Crippen molar-refractivity contribution in [3.8, 4) is 0 Å². The van der Waals surface area contributed by atoms with Crippen LogP contribution >= 0.6 is 0 Å². The molecule has 0 aromatic heterocycles. The van der Waals surface area contributed by atoms with Crippen LogP contribution in [-0.2, 0) is 17.2 Å². The van der Waals surface area contributed by atoms with E-state index in [1.165, 1.54) is 6.07 Å². The summed E-state index contributed by atoms with van der Waals surface area (Å²) in [6.45, 7) is 12.4. The first-order chi connectivity index (χ1) is 12.4. The molecule has 154 valence electrons. The van der Waals surface area contributed by atoms with Gasteiger partial charge in [0.1, 0.15) is 0 Å². The minimum Gasteiger partial charge on any atom is -0.369 e. The number of piperazine rings is 1. The Morgan fingerprint density at radius 1 is 1.15 bits per heavy atom. The lowest BCUT2D eigenvalue weighted by Crippen LogP contribution is -2.44. The van der Waals surface area contributed by atoms with Gasteiger partial charge in [-0.15, -0.1) is 0 Å². The van der Waals surface area contributed by atoms with Crippen molar-refractivity contribution in [1.82, 2.24) is 10.0 Å². The van der Waals surface area contributed by atoms with Crippen molar-refractivity contribution < 1.29 is 17.4 Å². The van der Waals surface area contributed by atoms with Crippen molar-refractivity contribution in [2.24, 2.45) is 5.92 Å². The molecule has 2 atom stereocenters. The summed E-state index contributed by atoms with van der Waals surface area (Å²) in [5.74, 6) is -0.0264. The van der Waals surface area contributed by atoms with Crippen molar-refractivity contribution in [2.75, 3.05) is 31.1 Å². The first kappa shape index (κ1) is 22.2. The Morgan fingerprint density at radius 3 is 2.22 bits per heavy atom. The number of alkyl halides is 3. The van der Waals surface area contributed by atoms with Gasteiger partial charge >= 0.3 is 6.18 Å². The fourth-order valence-corrected chi connectivity index (χ4v) is 4.01. The van der Waals surface area contributed by atoms with Gasteiger partial charge in [-0.05, 0) is 50.5 Å². The monoisotopic (exact) mass is 405 g/mol. The SMILES string of the molecule is CC(C)C(NS(=O)C(C)(C)C)c1cc(C(F)(F)F)ccc1N1CCNCC1. The molecule has 1 heterocycles. The molecule has 27 heavy (non-hydrogen) atoms. The number of nitrogens with one attached hydrogen (secondary N) is 2. The van der Waals surface area contributed by atoms with E-state index >= 15 is 0 Å². The van der Waals surface area contributed by atoms with Gasteiger partial charge in [-0.2, -0.15) is 13.2 Å². The summed E-state index contributed by atoms with van der Waals surface area (Å²) in [5, 5.41) is 3.26. The molecule has 0 bridgehead atoms. The molecular weight excluding hydrogens is 375 g/mol. The molecular formula is C19H30F3N3OS. The zero-order chi connectivity index (χ0) is 20.4. The number of nitrogens with zero attached hydrogens (tertiary/aromatic N) is 1. The number of hydrogen-bond donors (Lipinski definition) is 2. The highest BCUT2D eigenvalue weighted by atomic mass is 32.2. The normalized spacial score (nSPS) is 18.6. The van der Waals surface area contributed by atoms with Crippen LogP contribution in [-0.4, -0.2) is 35.1 Å². The molecule has 2 rings (SSSR count). The molecule has 2 unspecified atom stereocenters. The predicted octanol–water partition coefficient (Wildman–Crippen LogP) is 3.86. The van der Waals surface area contributed by atoms with E-state index < -0.39 is 33.5 Å². The highest BCUT2D eigenvalue weighted by molar-refractivity contribution is 7.84. The van der Waals surface area contributed by atoms with Gasteiger partial charge in [0.15, 0.2) is 0 Å². The van der Waals surface area contributed by atoms with E-state index in [0.29, 0.717) is 5.56 Å². The van der Waals surface area contributed by atoms with E-state index in [-0.39, 0.29) is 5.92 Å². The molecule has 0 spiro atoms. The summed E-state index contributed by atoms with van der Waals surface area (Å²) in [4.78, 5) is 2.10. The van der Waals surface area contributed by atoms with E-state index in [1.807, 2.05) is 34.6 Å². The standard InChI is InChI=1S/C19H30F3N3OS/c1-13(2)17(24-27(26)18(3,4)5)15-12-14(19(20,21)22)6-7-16(15)25-10-8-23-9-11-25/h6-7,12-13,17,23-24H,8-11H2,1-5H3. The second kappa shape index (κ2) is 8.49. The summed E-state index contributed by atoms with van der Waals surface area (Å²) in [7, 11) is -1.39. The molecule has 2 N–H and O–H groups in total. The van der Waals surface area contributed by atoms with Crippen molar-refractivity contribution in [3.05, 3.63) is 29.3 Å². The third-order valence-corrected chi connectivity index (χ3v) is 6.18. The van der Waals surface area contributed by atoms with E-state index in [9.17, 15) is 17.4 Å². The smallest absolute Gasteiger partial charge is 0.369 e. The van der Waals surface area contributed by atoms with Gasteiger partial charge in [0.25, 0.3) is 0 Å². The maximum absolute atomic E-state index is 13.4. The van der Waals surface area contributed by atoms with Gasteiger partial charge < -0.3 is 10.2 Å². The van der Waals surface area contributed by atoms with Crippen molar-refractivity contribution >= 4 is 16.7 Å². The average molecular weight is 406 g/mol. The Hall–Kier alpha value is -1.12. The molecule has 1 saturated heterocycles. The first-order valence-corrected chi connectivity index (χ1v) is 10.4. The highest BCUT2D eigenvalue weighted by Gasteiger charge is 2.34. The van der Waals surface area contributed by atoms with Crippen LogP contribution in [0.15, 0.2) is 18.2 Å². The van der Waals surface area contributed by atoms with Gasteiger partial charge in [0.05, 0.1) is 21.3 Å². The van der Waals surface area contributed by atoms with Gasteiger partial charge in [-0.3, -0.25) is 0 Å². The number of rotatable bonds is 5. The molecule has 1 fully saturated rings. The Balaban J connectivity index is 2.51.